The zero-order chi connectivity index (χ0) is 26.1. The summed E-state index contributed by atoms with van der Waals surface area (Å²) in [5, 5.41) is 0. The van der Waals surface area contributed by atoms with Crippen LogP contribution in [0, 0.1) is 0 Å². The predicted molar refractivity (Wildman–Crippen MR) is 130 cm³/mol. The Hall–Kier alpha value is -2.57. The van der Waals surface area contributed by atoms with Crippen LogP contribution < -0.4 is 0 Å². The Balaban J connectivity index is 1.26. The zero-order valence-electron chi connectivity index (χ0n) is 21.3. The number of hydrogen-bond acceptors (Lipinski definition) is 10. The molecule has 2 aromatic carbocycles. The van der Waals surface area contributed by atoms with Crippen molar-refractivity contribution in [1.29, 1.82) is 0 Å². The van der Waals surface area contributed by atoms with Gasteiger partial charge in [-0.15, -0.1) is 0 Å². The summed E-state index contributed by atoms with van der Waals surface area (Å²) in [4.78, 5) is 11.7. The highest BCUT2D eigenvalue weighted by Crippen LogP contribution is 2.39. The van der Waals surface area contributed by atoms with Crippen molar-refractivity contribution in [3.8, 4) is 0 Å². The van der Waals surface area contributed by atoms with Gasteiger partial charge in [-0.05, 0) is 12.5 Å². The normalized spacial score (nSPS) is 38.5. The van der Waals surface area contributed by atoms with E-state index in [2.05, 4.69) is 0 Å². The standard InChI is InChI=1S/C28H32O10/c1-16-22-19(35-28(29)38-22)13-21(33-16)36-24-23-20(15-32-26(37-23)18-11-7-4-8-12-18)34-27(30-2)25(24)31-14-17-9-5-3-6-10-17/h3-12,16,19-27H,13-15H2,1-2H3/t16-,19-,20-,21-,22-,23-,24+,25-,26-,27+/m1/s1. The maximum absolute atomic E-state index is 11.7. The maximum Gasteiger partial charge on any atom is 0.509 e. The fourth-order valence-electron chi connectivity index (χ4n) is 5.42. The van der Waals surface area contributed by atoms with Crippen molar-refractivity contribution < 1.29 is 47.4 Å². The number of benzene rings is 2. The second-order valence-electron chi connectivity index (χ2n) is 9.81. The quantitative estimate of drug-likeness (QED) is 0.497. The summed E-state index contributed by atoms with van der Waals surface area (Å²) in [5.74, 6) is 0. The lowest BCUT2D eigenvalue weighted by atomic mass is 9.96. The van der Waals surface area contributed by atoms with Crippen molar-refractivity contribution in [3.05, 3.63) is 71.8 Å². The Morgan fingerprint density at radius 2 is 1.63 bits per heavy atom. The third kappa shape index (κ3) is 5.30. The molecule has 10 nitrogen and oxygen atoms in total. The Kier molecular flexibility index (Phi) is 7.62. The second kappa shape index (κ2) is 11.3. The van der Waals surface area contributed by atoms with Crippen LogP contribution in [0.5, 0.6) is 0 Å². The molecule has 204 valence electrons. The van der Waals surface area contributed by atoms with Crippen LogP contribution in [0.25, 0.3) is 0 Å². The molecular weight excluding hydrogens is 496 g/mol. The van der Waals surface area contributed by atoms with E-state index in [1.54, 1.807) is 7.11 Å². The van der Waals surface area contributed by atoms with Crippen molar-refractivity contribution in [1.82, 2.24) is 0 Å². The fraction of sp³-hybridized carbons (Fsp3) is 0.536. The summed E-state index contributed by atoms with van der Waals surface area (Å²) >= 11 is 0. The molecule has 0 saturated carbocycles. The first-order valence-corrected chi connectivity index (χ1v) is 12.9. The minimum atomic E-state index is -0.730. The Bertz CT molecular complexity index is 1060. The maximum atomic E-state index is 11.7. The molecule has 0 amide bonds. The largest absolute Gasteiger partial charge is 0.509 e. The van der Waals surface area contributed by atoms with E-state index < -0.39 is 67.8 Å². The summed E-state index contributed by atoms with van der Waals surface area (Å²) in [6, 6.07) is 19.6. The number of carbonyl (C=O) groups is 1. The molecule has 0 aliphatic carbocycles. The second-order valence-corrected chi connectivity index (χ2v) is 9.81. The lowest BCUT2D eigenvalue weighted by Crippen LogP contribution is -2.64. The van der Waals surface area contributed by atoms with Crippen LogP contribution >= 0.6 is 0 Å². The van der Waals surface area contributed by atoms with Gasteiger partial charge in [0.05, 0.1) is 19.3 Å². The first-order valence-electron chi connectivity index (χ1n) is 12.9. The first-order chi connectivity index (χ1) is 18.6. The van der Waals surface area contributed by atoms with E-state index in [1.165, 1.54) is 0 Å². The van der Waals surface area contributed by atoms with Gasteiger partial charge in [-0.1, -0.05) is 60.7 Å². The monoisotopic (exact) mass is 528 g/mol. The molecule has 0 bridgehead atoms. The highest BCUT2D eigenvalue weighted by molar-refractivity contribution is 5.62. The van der Waals surface area contributed by atoms with Crippen LogP contribution in [0.1, 0.15) is 30.8 Å². The van der Waals surface area contributed by atoms with Crippen LogP contribution in [-0.4, -0.2) is 75.2 Å². The van der Waals surface area contributed by atoms with Crippen molar-refractivity contribution in [2.24, 2.45) is 0 Å². The molecule has 0 radical (unpaired) electrons. The SMILES string of the molecule is CO[C@H]1O[C@@H]2CO[C@@H](c3ccccc3)O[C@H]2[C@H](O[C@@H]2C[C@H]3OC(=O)O[C@@H]3[C@@H](C)O2)[C@H]1OCc1ccccc1. The van der Waals surface area contributed by atoms with Gasteiger partial charge in [-0.3, -0.25) is 0 Å². The molecule has 0 spiro atoms. The molecule has 0 N–H and O–H groups in total. The van der Waals surface area contributed by atoms with Gasteiger partial charge in [0.1, 0.15) is 30.5 Å². The summed E-state index contributed by atoms with van der Waals surface area (Å²) in [6.07, 6.45) is -6.00. The average Bonchev–Trinajstić information content (AvgIpc) is 3.33. The zero-order valence-corrected chi connectivity index (χ0v) is 21.3. The average molecular weight is 529 g/mol. The van der Waals surface area contributed by atoms with Crippen LogP contribution in [0.2, 0.25) is 0 Å². The molecule has 4 heterocycles. The van der Waals surface area contributed by atoms with E-state index >= 15 is 0 Å². The van der Waals surface area contributed by atoms with Crippen molar-refractivity contribution in [2.45, 2.75) is 81.5 Å². The van der Waals surface area contributed by atoms with E-state index in [9.17, 15) is 4.79 Å². The summed E-state index contributed by atoms with van der Waals surface area (Å²) in [7, 11) is 1.57. The highest BCUT2D eigenvalue weighted by Gasteiger charge is 2.54. The molecule has 4 fully saturated rings. The van der Waals surface area contributed by atoms with Gasteiger partial charge in [0.25, 0.3) is 0 Å². The van der Waals surface area contributed by atoms with Gasteiger partial charge in [-0.2, -0.15) is 0 Å². The molecule has 10 atom stereocenters. The van der Waals surface area contributed by atoms with Gasteiger partial charge in [0, 0.05) is 19.1 Å². The molecule has 4 aliphatic rings. The van der Waals surface area contributed by atoms with E-state index in [0.717, 1.165) is 11.1 Å². The van der Waals surface area contributed by atoms with E-state index in [-0.39, 0.29) is 6.61 Å². The molecule has 6 rings (SSSR count). The summed E-state index contributed by atoms with van der Waals surface area (Å²) < 4.78 is 54.1. The smallest absolute Gasteiger partial charge is 0.427 e. The molecule has 0 aromatic heterocycles. The summed E-state index contributed by atoms with van der Waals surface area (Å²) in [5.41, 5.74) is 1.89. The topological polar surface area (TPSA) is 100 Å². The van der Waals surface area contributed by atoms with Gasteiger partial charge in [0.15, 0.2) is 25.0 Å². The highest BCUT2D eigenvalue weighted by atomic mass is 16.8. The van der Waals surface area contributed by atoms with Gasteiger partial charge in [-0.25, -0.2) is 4.79 Å². The lowest BCUT2D eigenvalue weighted by Gasteiger charge is -2.49. The third-order valence-corrected chi connectivity index (χ3v) is 7.28. The molecule has 2 aromatic rings. The van der Waals surface area contributed by atoms with Gasteiger partial charge in [0.2, 0.25) is 0 Å². The van der Waals surface area contributed by atoms with Crippen LogP contribution in [0.3, 0.4) is 0 Å². The van der Waals surface area contributed by atoms with Crippen molar-refractivity contribution >= 4 is 6.16 Å². The number of methoxy groups -OCH3 is 1. The number of carbonyl (C=O) groups excluding carboxylic acids is 1. The lowest BCUT2D eigenvalue weighted by molar-refractivity contribution is -0.385. The van der Waals surface area contributed by atoms with E-state index in [4.69, 9.17) is 42.6 Å². The fourth-order valence-corrected chi connectivity index (χ4v) is 5.42. The van der Waals surface area contributed by atoms with Crippen molar-refractivity contribution in [2.75, 3.05) is 13.7 Å². The van der Waals surface area contributed by atoms with Gasteiger partial charge >= 0.3 is 6.16 Å². The molecule has 4 saturated heterocycles. The minimum Gasteiger partial charge on any atom is -0.427 e. The molecule has 4 aliphatic heterocycles. The number of hydrogen-bond donors (Lipinski definition) is 0. The number of rotatable bonds is 7. The van der Waals surface area contributed by atoms with E-state index in [1.807, 2.05) is 67.6 Å². The van der Waals surface area contributed by atoms with Crippen molar-refractivity contribution in [3.63, 3.8) is 0 Å². The Morgan fingerprint density at radius 1 is 0.868 bits per heavy atom. The van der Waals surface area contributed by atoms with Crippen LogP contribution in [0.4, 0.5) is 4.79 Å². The first kappa shape index (κ1) is 25.7. The number of ether oxygens (including phenoxy) is 9. The number of fused-ring (bicyclic) bond motifs is 2. The molecular formula is C28H32O10. The van der Waals surface area contributed by atoms with Gasteiger partial charge < -0.3 is 42.6 Å². The summed E-state index contributed by atoms with van der Waals surface area (Å²) in [6.45, 7) is 2.44. The Labute approximate surface area is 220 Å². The predicted octanol–water partition coefficient (Wildman–Crippen LogP) is 3.48. The van der Waals surface area contributed by atoms with E-state index in [0.29, 0.717) is 13.0 Å². The third-order valence-electron chi connectivity index (χ3n) is 7.28. The van der Waals surface area contributed by atoms with Crippen LogP contribution in [0.15, 0.2) is 60.7 Å². The molecule has 10 heteroatoms. The Morgan fingerprint density at radius 3 is 2.39 bits per heavy atom. The molecule has 38 heavy (non-hydrogen) atoms. The van der Waals surface area contributed by atoms with Crippen LogP contribution in [-0.2, 0) is 49.2 Å². The minimum absolute atomic E-state index is 0.285. The molecule has 0 unspecified atom stereocenters.